The van der Waals surface area contributed by atoms with Crippen LogP contribution < -0.4 is 9.80 Å². The predicted molar refractivity (Wildman–Crippen MR) is 145 cm³/mol. The van der Waals surface area contributed by atoms with Crippen LogP contribution in [0.4, 0.5) is 11.8 Å². The lowest BCUT2D eigenvalue weighted by molar-refractivity contribution is 0.0909. The lowest BCUT2D eigenvalue weighted by Gasteiger charge is -2.31. The summed E-state index contributed by atoms with van der Waals surface area (Å²) >= 11 is 0. The summed E-state index contributed by atoms with van der Waals surface area (Å²) in [5.74, 6) is 1.88. The Morgan fingerprint density at radius 1 is 0.944 bits per heavy atom. The highest BCUT2D eigenvalue weighted by atomic mass is 28.3. The first-order chi connectivity index (χ1) is 17.4. The number of fused-ring (bicyclic) bond motifs is 1. The lowest BCUT2D eigenvalue weighted by atomic mass is 10.1. The van der Waals surface area contributed by atoms with Crippen LogP contribution in [0.15, 0.2) is 30.3 Å². The molecule has 0 aliphatic carbocycles. The van der Waals surface area contributed by atoms with Crippen LogP contribution in [0.3, 0.4) is 0 Å². The maximum atomic E-state index is 10.2. The average molecular weight is 512 g/mol. The van der Waals surface area contributed by atoms with Crippen LogP contribution in [0, 0.1) is 0 Å². The molecular formula is C26H37N5O4Si. The number of ether oxygens (including phenoxy) is 3. The monoisotopic (exact) mass is 511 g/mol. The number of aromatic hydroxyl groups is 1. The van der Waals surface area contributed by atoms with Gasteiger partial charge < -0.3 is 33.7 Å². The third-order valence-electron chi connectivity index (χ3n) is 6.68. The second-order valence-electron chi connectivity index (χ2n) is 10.6. The van der Waals surface area contributed by atoms with Gasteiger partial charge in [-0.25, -0.2) is 0 Å². The van der Waals surface area contributed by atoms with E-state index < -0.39 is 8.07 Å². The Bertz CT molecular complexity index is 1180. The molecule has 2 aliphatic rings. The fourth-order valence-electron chi connectivity index (χ4n) is 4.59. The van der Waals surface area contributed by atoms with Crippen LogP contribution in [0.1, 0.15) is 0 Å². The van der Waals surface area contributed by atoms with Crippen LogP contribution in [-0.4, -0.2) is 86.9 Å². The summed E-state index contributed by atoms with van der Waals surface area (Å²) in [6, 6.07) is 10.6. The van der Waals surface area contributed by atoms with E-state index in [9.17, 15) is 5.11 Å². The zero-order valence-corrected chi connectivity index (χ0v) is 22.6. The quantitative estimate of drug-likeness (QED) is 0.361. The summed E-state index contributed by atoms with van der Waals surface area (Å²) in [5.41, 5.74) is 2.72. The lowest BCUT2D eigenvalue weighted by Crippen LogP contribution is -2.39. The number of phenolic OH excluding ortho intramolecular Hbond substituents is 1. The molecule has 2 fully saturated rings. The second-order valence-corrected chi connectivity index (χ2v) is 16.3. The number of nitrogens with zero attached hydrogens (tertiary/aromatic N) is 5. The average Bonchev–Trinajstić information content (AvgIpc) is 3.25. The maximum Gasteiger partial charge on any atom is 0.229 e. The van der Waals surface area contributed by atoms with Crippen molar-refractivity contribution in [1.82, 2.24) is 14.5 Å². The Morgan fingerprint density at radius 2 is 1.64 bits per heavy atom. The van der Waals surface area contributed by atoms with Crippen LogP contribution in [0.25, 0.3) is 22.3 Å². The maximum absolute atomic E-state index is 10.2. The van der Waals surface area contributed by atoms with Gasteiger partial charge in [-0.1, -0.05) is 31.8 Å². The first-order valence-corrected chi connectivity index (χ1v) is 16.5. The summed E-state index contributed by atoms with van der Waals surface area (Å²) < 4.78 is 19.6. The topological polar surface area (TPSA) is 85.1 Å². The molecular weight excluding hydrogens is 474 g/mol. The minimum atomic E-state index is -1.21. The number of phenols is 1. The molecule has 0 amide bonds. The van der Waals surface area contributed by atoms with Gasteiger partial charge in [0.1, 0.15) is 23.9 Å². The molecule has 5 rings (SSSR count). The number of hydrogen-bond donors (Lipinski definition) is 1. The van der Waals surface area contributed by atoms with Crippen molar-refractivity contribution >= 4 is 30.9 Å². The number of morpholine rings is 2. The van der Waals surface area contributed by atoms with Crippen LogP contribution in [0.5, 0.6) is 5.75 Å². The highest BCUT2D eigenvalue weighted by Gasteiger charge is 2.25. The summed E-state index contributed by atoms with van der Waals surface area (Å²) in [4.78, 5) is 14.6. The molecule has 0 radical (unpaired) electrons. The largest absolute Gasteiger partial charge is 0.508 e. The van der Waals surface area contributed by atoms with Crippen molar-refractivity contribution in [2.45, 2.75) is 32.4 Å². The molecule has 0 bridgehead atoms. The Hall–Kier alpha value is -2.66. The summed E-state index contributed by atoms with van der Waals surface area (Å²) in [5, 5.41) is 11.2. The molecule has 2 aliphatic heterocycles. The summed E-state index contributed by atoms with van der Waals surface area (Å²) in [6.45, 7) is 14.0. The third kappa shape index (κ3) is 5.67. The molecule has 0 unspecified atom stereocenters. The van der Waals surface area contributed by atoms with Crippen LogP contribution in [0.2, 0.25) is 25.7 Å². The highest BCUT2D eigenvalue weighted by molar-refractivity contribution is 6.76. The van der Waals surface area contributed by atoms with Gasteiger partial charge in [0.2, 0.25) is 5.95 Å². The van der Waals surface area contributed by atoms with Gasteiger partial charge in [-0.15, -0.1) is 0 Å². The van der Waals surface area contributed by atoms with E-state index in [1.165, 1.54) is 0 Å². The highest BCUT2D eigenvalue weighted by Crippen LogP contribution is 2.35. The molecule has 2 saturated heterocycles. The van der Waals surface area contributed by atoms with E-state index in [4.69, 9.17) is 24.2 Å². The fraction of sp³-hybridized carbons (Fsp3) is 0.538. The molecule has 4 heterocycles. The Labute approximate surface area is 213 Å². The van der Waals surface area contributed by atoms with Crippen molar-refractivity contribution in [3.8, 4) is 17.0 Å². The zero-order chi connectivity index (χ0) is 25.1. The first kappa shape index (κ1) is 25.0. The molecule has 1 aromatic carbocycles. The van der Waals surface area contributed by atoms with Gasteiger partial charge in [0, 0.05) is 46.4 Å². The standard InChI is InChI=1S/C26H37N5O4Si/c1-36(2,3)16-15-35-19-31-23(20-5-4-6-21(32)17-20)18-22-24(29-7-11-33-12-8-29)27-26(28-25(22)31)30-9-13-34-14-10-30/h4-6,17-18,32H,7-16,19H2,1-3H3. The summed E-state index contributed by atoms with van der Waals surface area (Å²) in [7, 11) is -1.21. The van der Waals surface area contributed by atoms with Gasteiger partial charge in [-0.05, 0) is 24.2 Å². The van der Waals surface area contributed by atoms with E-state index >= 15 is 0 Å². The molecule has 0 saturated carbocycles. The first-order valence-electron chi connectivity index (χ1n) is 12.8. The van der Waals surface area contributed by atoms with E-state index in [1.54, 1.807) is 12.1 Å². The molecule has 36 heavy (non-hydrogen) atoms. The number of rotatable bonds is 8. The van der Waals surface area contributed by atoms with Gasteiger partial charge in [0.15, 0.2) is 0 Å². The normalized spacial score (nSPS) is 17.2. The molecule has 1 N–H and O–H groups in total. The van der Waals surface area contributed by atoms with E-state index in [-0.39, 0.29) is 5.75 Å². The van der Waals surface area contributed by atoms with Crippen molar-refractivity contribution < 1.29 is 19.3 Å². The molecule has 2 aromatic heterocycles. The van der Waals surface area contributed by atoms with Gasteiger partial charge in [-0.3, -0.25) is 0 Å². The summed E-state index contributed by atoms with van der Waals surface area (Å²) in [6.07, 6.45) is 0. The Balaban J connectivity index is 1.62. The molecule has 0 atom stereocenters. The molecule has 10 heteroatoms. The van der Waals surface area contributed by atoms with E-state index in [0.29, 0.717) is 39.8 Å². The number of hydrogen-bond acceptors (Lipinski definition) is 8. The van der Waals surface area contributed by atoms with Crippen molar-refractivity contribution in [3.05, 3.63) is 30.3 Å². The number of anilines is 2. The van der Waals surface area contributed by atoms with Crippen molar-refractivity contribution in [3.63, 3.8) is 0 Å². The minimum Gasteiger partial charge on any atom is -0.508 e. The number of aromatic nitrogens is 3. The SMILES string of the molecule is C[Si](C)(C)CCOCn1c(-c2cccc(O)c2)cc2c(N3CCOCC3)nc(N3CCOCC3)nc21. The molecule has 3 aromatic rings. The van der Waals surface area contributed by atoms with Gasteiger partial charge in [-0.2, -0.15) is 9.97 Å². The van der Waals surface area contributed by atoms with E-state index in [1.807, 2.05) is 12.1 Å². The molecule has 0 spiro atoms. The zero-order valence-electron chi connectivity index (χ0n) is 21.6. The second kappa shape index (κ2) is 10.8. The van der Waals surface area contributed by atoms with Crippen molar-refractivity contribution in [1.29, 1.82) is 0 Å². The fourth-order valence-corrected chi connectivity index (χ4v) is 5.35. The van der Waals surface area contributed by atoms with E-state index in [2.05, 4.69) is 40.1 Å². The Kier molecular flexibility index (Phi) is 7.47. The smallest absolute Gasteiger partial charge is 0.229 e. The van der Waals surface area contributed by atoms with Crippen molar-refractivity contribution in [2.24, 2.45) is 0 Å². The van der Waals surface area contributed by atoms with Crippen LogP contribution in [-0.2, 0) is 20.9 Å². The molecule has 9 nitrogen and oxygen atoms in total. The third-order valence-corrected chi connectivity index (χ3v) is 8.39. The van der Waals surface area contributed by atoms with Crippen molar-refractivity contribution in [2.75, 3.05) is 69.0 Å². The van der Waals surface area contributed by atoms with Gasteiger partial charge >= 0.3 is 0 Å². The molecule has 194 valence electrons. The van der Waals surface area contributed by atoms with Gasteiger partial charge in [0.25, 0.3) is 0 Å². The van der Waals surface area contributed by atoms with E-state index in [0.717, 1.165) is 66.3 Å². The Morgan fingerprint density at radius 3 is 2.31 bits per heavy atom. The van der Waals surface area contributed by atoms with Gasteiger partial charge in [0.05, 0.1) is 37.5 Å². The van der Waals surface area contributed by atoms with Crippen LogP contribution >= 0.6 is 0 Å². The number of benzene rings is 1. The predicted octanol–water partition coefficient (Wildman–Crippen LogP) is 3.79. The minimum absolute atomic E-state index is 0.234.